The summed E-state index contributed by atoms with van der Waals surface area (Å²) in [5.41, 5.74) is 0. The first kappa shape index (κ1) is 26.9. The Hall–Kier alpha value is 0.982. The molecule has 21 heavy (non-hydrogen) atoms. The van der Waals surface area contributed by atoms with E-state index in [0.717, 1.165) is 0 Å². The van der Waals surface area contributed by atoms with Gasteiger partial charge in [0.1, 0.15) is 12.2 Å². The molecule has 2 atom stereocenters. The van der Waals surface area contributed by atoms with E-state index >= 15 is 0 Å². The molecule has 0 aromatic rings. The van der Waals surface area contributed by atoms with Crippen LogP contribution in [0.15, 0.2) is 0 Å². The van der Waals surface area contributed by atoms with Crippen LogP contribution in [-0.2, 0) is 18.2 Å². The Morgan fingerprint density at radius 3 is 1.19 bits per heavy atom. The first-order chi connectivity index (χ1) is 8.91. The summed E-state index contributed by atoms with van der Waals surface area (Å²) in [4.78, 5) is 38.8. The van der Waals surface area contributed by atoms with Crippen molar-refractivity contribution in [3.63, 3.8) is 0 Å². The normalized spacial score (nSPS) is 14.5. The molecule has 0 rings (SSSR count). The Morgan fingerprint density at radius 2 is 1.05 bits per heavy atom. The van der Waals surface area contributed by atoms with Crippen molar-refractivity contribution in [2.24, 2.45) is 0 Å². The number of hydrogen-bond acceptors (Lipinski definition) is 12. The van der Waals surface area contributed by atoms with Crippen LogP contribution in [0.25, 0.3) is 0 Å². The molecule has 0 fully saturated rings. The van der Waals surface area contributed by atoms with Gasteiger partial charge in [-0.05, 0) is 0 Å². The van der Waals surface area contributed by atoms with Gasteiger partial charge in [-0.3, -0.25) is 0 Å². The average Bonchev–Trinajstić information content (AvgIpc) is 2.31. The van der Waals surface area contributed by atoms with Gasteiger partial charge in [0.15, 0.2) is 0 Å². The van der Waals surface area contributed by atoms with Gasteiger partial charge >= 0.3 is 0 Å². The molecule has 0 bridgehead atoms. The summed E-state index contributed by atoms with van der Waals surface area (Å²) in [6, 6.07) is 0. The molecule has 0 aliphatic heterocycles. The molecule has 0 saturated carbocycles. The molecule has 15 heteroatoms. The van der Waals surface area contributed by atoms with Gasteiger partial charge in [-0.25, -0.2) is 0 Å². The van der Waals surface area contributed by atoms with Gasteiger partial charge in [0.2, 0.25) is 0 Å². The minimum atomic E-state index is -5.00. The monoisotopic (exact) mass is 548 g/mol. The van der Waals surface area contributed by atoms with E-state index in [1.54, 1.807) is 0 Å². The second kappa shape index (κ2) is 13.4. The van der Waals surface area contributed by atoms with Gasteiger partial charge in [0.05, 0.1) is 42.1 Å². The zero-order chi connectivity index (χ0) is 16.4. The SMILES string of the molecule is O=P([O-])([O-])OCC(O)CO.O=P([O-])([O-])OCC(O)CO.[Pb]. The van der Waals surface area contributed by atoms with E-state index in [-0.39, 0.29) is 27.3 Å². The molecule has 0 aromatic carbocycles. The molecular weight excluding hydrogens is 533 g/mol. The van der Waals surface area contributed by atoms with Crippen molar-refractivity contribution >= 4 is 42.9 Å². The van der Waals surface area contributed by atoms with Crippen LogP contribution in [0.1, 0.15) is 0 Å². The summed E-state index contributed by atoms with van der Waals surface area (Å²) >= 11 is 0. The van der Waals surface area contributed by atoms with Crippen molar-refractivity contribution in [1.82, 2.24) is 0 Å². The van der Waals surface area contributed by atoms with Crippen LogP contribution in [0.4, 0.5) is 0 Å². The summed E-state index contributed by atoms with van der Waals surface area (Å²) < 4.78 is 26.7. The first-order valence-corrected chi connectivity index (χ1v) is 7.74. The zero-order valence-corrected chi connectivity index (χ0v) is 16.1. The molecule has 0 amide bonds. The minimum Gasteiger partial charge on any atom is -0.790 e. The second-order valence-electron chi connectivity index (χ2n) is 3.16. The molecule has 0 saturated heterocycles. The second-order valence-corrected chi connectivity index (χ2v) is 5.46. The third-order valence-corrected chi connectivity index (χ3v) is 2.20. The summed E-state index contributed by atoms with van der Waals surface area (Å²) in [5, 5.41) is 33.1. The fraction of sp³-hybridized carbons (Fsp3) is 1.00. The largest absolute Gasteiger partial charge is 0.790 e. The van der Waals surface area contributed by atoms with E-state index in [1.165, 1.54) is 0 Å². The smallest absolute Gasteiger partial charge is 0.101 e. The quantitative estimate of drug-likeness (QED) is 0.165. The van der Waals surface area contributed by atoms with Crippen LogP contribution in [-0.4, -0.2) is 86.4 Å². The van der Waals surface area contributed by atoms with E-state index in [9.17, 15) is 28.7 Å². The fourth-order valence-corrected chi connectivity index (χ4v) is 1.17. The van der Waals surface area contributed by atoms with Crippen molar-refractivity contribution in [2.75, 3.05) is 26.4 Å². The number of phosphoric acid groups is 2. The maximum Gasteiger partial charge on any atom is 0.101 e. The number of aliphatic hydroxyl groups excluding tert-OH is 4. The fourth-order valence-electron chi connectivity index (χ4n) is 0.460. The summed E-state index contributed by atoms with van der Waals surface area (Å²) in [6.45, 7) is -2.67. The van der Waals surface area contributed by atoms with Gasteiger partial charge in [0, 0.05) is 27.3 Å². The molecule has 4 N–H and O–H groups in total. The van der Waals surface area contributed by atoms with E-state index in [2.05, 4.69) is 9.05 Å². The Labute approximate surface area is 140 Å². The predicted octanol–water partition coefficient (Wildman–Crippen LogP) is -6.01. The molecule has 0 aromatic heterocycles. The van der Waals surface area contributed by atoms with Crippen LogP contribution in [0.3, 0.4) is 0 Å². The van der Waals surface area contributed by atoms with Gasteiger partial charge in [-0.1, -0.05) is 0 Å². The van der Waals surface area contributed by atoms with Gasteiger partial charge in [-0.2, -0.15) is 0 Å². The van der Waals surface area contributed by atoms with Gasteiger partial charge in [-0.15, -0.1) is 0 Å². The van der Waals surface area contributed by atoms with E-state index in [0.29, 0.717) is 0 Å². The Kier molecular flexibility index (Phi) is 17.2. The Bertz CT molecular complexity index is 296. The molecule has 2 unspecified atom stereocenters. The Morgan fingerprint density at radius 1 is 0.810 bits per heavy atom. The standard InChI is InChI=1S/2C3H9O6P.Pb/c2*4-1-3(5)2-9-10(6,7)8;/h2*3-5H,1-2H2,(H2,6,7,8);/p-4. The maximum absolute atomic E-state index is 9.71. The van der Waals surface area contributed by atoms with Crippen molar-refractivity contribution < 1.29 is 58.2 Å². The zero-order valence-electron chi connectivity index (χ0n) is 10.4. The van der Waals surface area contributed by atoms with Crippen LogP contribution in [0, 0.1) is 0 Å². The molecule has 0 heterocycles. The van der Waals surface area contributed by atoms with E-state index < -0.39 is 54.3 Å². The minimum absolute atomic E-state index is 0. The Balaban J connectivity index is -0.000000295. The predicted molar refractivity (Wildman–Crippen MR) is 59.1 cm³/mol. The van der Waals surface area contributed by atoms with Gasteiger partial charge in [0.25, 0.3) is 0 Å². The molecule has 4 radical (unpaired) electrons. The van der Waals surface area contributed by atoms with E-state index in [4.69, 9.17) is 20.4 Å². The van der Waals surface area contributed by atoms with E-state index in [1.807, 2.05) is 0 Å². The summed E-state index contributed by atoms with van der Waals surface area (Å²) in [6.07, 6.45) is -2.65. The van der Waals surface area contributed by atoms with Crippen molar-refractivity contribution in [3.8, 4) is 0 Å². The number of rotatable bonds is 8. The average molecular weight is 547 g/mol. The number of phosphoric ester groups is 2. The number of hydrogen-bond donors (Lipinski definition) is 4. The third kappa shape index (κ3) is 26.2. The van der Waals surface area contributed by atoms with Crippen molar-refractivity contribution in [2.45, 2.75) is 12.2 Å². The first-order valence-electron chi connectivity index (χ1n) is 4.82. The van der Waals surface area contributed by atoms with Crippen LogP contribution >= 0.6 is 15.6 Å². The molecular formula is C6H14O12P2Pb-4. The molecule has 0 aliphatic rings. The van der Waals surface area contributed by atoms with Gasteiger partial charge < -0.3 is 58.2 Å². The van der Waals surface area contributed by atoms with Crippen LogP contribution in [0.5, 0.6) is 0 Å². The maximum atomic E-state index is 9.71. The summed E-state index contributed by atoms with van der Waals surface area (Å²) in [7, 11) is -10.0. The molecule has 12 nitrogen and oxygen atoms in total. The third-order valence-electron chi connectivity index (χ3n) is 1.27. The van der Waals surface area contributed by atoms with Crippen LogP contribution in [0.2, 0.25) is 0 Å². The topological polar surface area (TPSA) is 226 Å². The molecule has 0 aliphatic carbocycles. The van der Waals surface area contributed by atoms with Crippen molar-refractivity contribution in [3.05, 3.63) is 0 Å². The van der Waals surface area contributed by atoms with Crippen LogP contribution < -0.4 is 19.6 Å². The number of aliphatic hydroxyl groups is 4. The van der Waals surface area contributed by atoms with Crippen molar-refractivity contribution in [1.29, 1.82) is 0 Å². The molecule has 0 spiro atoms. The molecule has 128 valence electrons. The summed E-state index contributed by atoms with van der Waals surface area (Å²) in [5.74, 6) is 0.